The number of phenols is 1. The first kappa shape index (κ1) is 18.4. The van der Waals surface area contributed by atoms with Crippen LogP contribution in [-0.4, -0.2) is 23.1 Å². The predicted octanol–water partition coefficient (Wildman–Crippen LogP) is 3.55. The molecule has 0 fully saturated rings. The minimum atomic E-state index is -1.05. The van der Waals surface area contributed by atoms with Crippen LogP contribution in [0.2, 0.25) is 0 Å². The van der Waals surface area contributed by atoms with Crippen LogP contribution >= 0.6 is 0 Å². The molecule has 0 aliphatic carbocycles. The summed E-state index contributed by atoms with van der Waals surface area (Å²) in [5.74, 6) is -1.82. The van der Waals surface area contributed by atoms with Crippen LogP contribution in [0.5, 0.6) is 5.75 Å². The maximum absolute atomic E-state index is 12.9. The second-order valence-corrected chi connectivity index (χ2v) is 6.07. The number of phenolic OH excluding ortho intramolecular Hbond substituents is 1. The number of carbonyl (C=O) groups is 2. The molecule has 6 heteroatoms. The lowest BCUT2D eigenvalue weighted by atomic mass is 10.1. The van der Waals surface area contributed by atoms with Crippen molar-refractivity contribution in [3.63, 3.8) is 0 Å². The van der Waals surface area contributed by atoms with E-state index in [0.717, 1.165) is 10.9 Å². The van der Waals surface area contributed by atoms with Gasteiger partial charge in [-0.3, -0.25) is 4.79 Å². The average molecular weight is 367 g/mol. The quantitative estimate of drug-likeness (QED) is 0.677. The van der Waals surface area contributed by atoms with E-state index in [1.807, 2.05) is 12.1 Å². The summed E-state index contributed by atoms with van der Waals surface area (Å²) in [7, 11) is 0. The van der Waals surface area contributed by atoms with Gasteiger partial charge in [0, 0.05) is 11.9 Å². The maximum Gasteiger partial charge on any atom is 0.342 e. The highest BCUT2D eigenvalue weighted by atomic mass is 19.1. The van der Waals surface area contributed by atoms with E-state index in [2.05, 4.69) is 5.32 Å². The van der Waals surface area contributed by atoms with E-state index in [0.29, 0.717) is 5.39 Å². The van der Waals surface area contributed by atoms with Crippen molar-refractivity contribution in [2.45, 2.75) is 19.6 Å². The molecule has 0 saturated carbocycles. The number of amides is 1. The Morgan fingerprint density at radius 1 is 1.07 bits per heavy atom. The van der Waals surface area contributed by atoms with Crippen LogP contribution in [0.15, 0.2) is 60.7 Å². The smallest absolute Gasteiger partial charge is 0.342 e. The van der Waals surface area contributed by atoms with E-state index < -0.39 is 18.0 Å². The Balaban J connectivity index is 1.63. The molecule has 2 N–H and O–H groups in total. The minimum absolute atomic E-state index is 0.00751. The fraction of sp³-hybridized carbons (Fsp3) is 0.143. The molecule has 0 saturated heterocycles. The van der Waals surface area contributed by atoms with Crippen LogP contribution in [0.3, 0.4) is 0 Å². The molecule has 1 atom stereocenters. The Kier molecular flexibility index (Phi) is 5.35. The molecule has 0 radical (unpaired) electrons. The Hall–Kier alpha value is -3.41. The number of rotatable bonds is 5. The zero-order valence-electron chi connectivity index (χ0n) is 14.6. The van der Waals surface area contributed by atoms with Gasteiger partial charge in [0.2, 0.25) is 0 Å². The van der Waals surface area contributed by atoms with Crippen LogP contribution in [0, 0.1) is 5.82 Å². The molecule has 5 nitrogen and oxygen atoms in total. The summed E-state index contributed by atoms with van der Waals surface area (Å²) in [6.45, 7) is 1.62. The second kappa shape index (κ2) is 7.86. The third-order valence-electron chi connectivity index (χ3n) is 4.15. The molecule has 1 unspecified atom stereocenters. The molecule has 27 heavy (non-hydrogen) atoms. The summed E-state index contributed by atoms with van der Waals surface area (Å²) < 4.78 is 18.0. The normalized spacial score (nSPS) is 11.8. The number of fused-ring (bicyclic) bond motifs is 1. The number of benzene rings is 3. The van der Waals surface area contributed by atoms with Gasteiger partial charge in [0.1, 0.15) is 17.1 Å². The molecule has 1 amide bonds. The van der Waals surface area contributed by atoms with Crippen molar-refractivity contribution in [2.75, 3.05) is 0 Å². The fourth-order valence-corrected chi connectivity index (χ4v) is 2.63. The molecule has 3 aromatic rings. The molecule has 3 rings (SSSR count). The van der Waals surface area contributed by atoms with Gasteiger partial charge in [0.15, 0.2) is 6.10 Å². The molecule has 3 aromatic carbocycles. The molecule has 0 spiro atoms. The number of nitrogens with one attached hydrogen (secondary N) is 1. The van der Waals surface area contributed by atoms with E-state index in [1.165, 1.54) is 25.1 Å². The number of hydrogen-bond donors (Lipinski definition) is 2. The molecule has 0 bridgehead atoms. The molecule has 138 valence electrons. The highest BCUT2D eigenvalue weighted by Crippen LogP contribution is 2.29. The molecule has 0 heterocycles. The third kappa shape index (κ3) is 4.23. The van der Waals surface area contributed by atoms with Gasteiger partial charge < -0.3 is 15.2 Å². The maximum atomic E-state index is 12.9. The third-order valence-corrected chi connectivity index (χ3v) is 4.15. The van der Waals surface area contributed by atoms with E-state index in [9.17, 15) is 19.1 Å². The first-order chi connectivity index (χ1) is 13.0. The lowest BCUT2D eigenvalue weighted by molar-refractivity contribution is -0.129. The molecule has 0 aliphatic heterocycles. The van der Waals surface area contributed by atoms with Gasteiger partial charge in [-0.2, -0.15) is 0 Å². The summed E-state index contributed by atoms with van der Waals surface area (Å²) in [6.07, 6.45) is -1.05. The number of esters is 1. The van der Waals surface area contributed by atoms with Gasteiger partial charge in [0.05, 0.1) is 0 Å². The van der Waals surface area contributed by atoms with E-state index in [-0.39, 0.29) is 23.7 Å². The van der Waals surface area contributed by atoms with Gasteiger partial charge in [0.25, 0.3) is 5.91 Å². The number of ether oxygens (including phenoxy) is 1. The highest BCUT2D eigenvalue weighted by molar-refractivity contribution is 6.01. The van der Waals surface area contributed by atoms with Crippen molar-refractivity contribution in [3.8, 4) is 5.75 Å². The largest absolute Gasteiger partial charge is 0.506 e. The molecule has 0 aromatic heterocycles. The predicted molar refractivity (Wildman–Crippen MR) is 98.7 cm³/mol. The number of halogens is 1. The Morgan fingerprint density at radius 3 is 2.52 bits per heavy atom. The van der Waals surface area contributed by atoms with Crippen LogP contribution in [0.25, 0.3) is 10.8 Å². The Bertz CT molecular complexity index is 985. The SMILES string of the molecule is CC(OC(=O)c1ccc2ccccc2c1O)C(=O)NCc1ccc(F)cc1. The van der Waals surface area contributed by atoms with Crippen molar-refractivity contribution in [3.05, 3.63) is 77.6 Å². The van der Waals surface area contributed by atoms with E-state index in [4.69, 9.17) is 4.74 Å². The summed E-state index contributed by atoms with van der Waals surface area (Å²) in [4.78, 5) is 24.5. The zero-order chi connectivity index (χ0) is 19.4. The summed E-state index contributed by atoms with van der Waals surface area (Å²) in [6, 6.07) is 16.0. The van der Waals surface area contributed by atoms with Crippen molar-refractivity contribution in [1.29, 1.82) is 0 Å². The Labute approximate surface area is 155 Å². The van der Waals surface area contributed by atoms with Crippen LogP contribution in [0.4, 0.5) is 4.39 Å². The van der Waals surface area contributed by atoms with E-state index >= 15 is 0 Å². The van der Waals surface area contributed by atoms with Gasteiger partial charge in [-0.15, -0.1) is 0 Å². The summed E-state index contributed by atoms with van der Waals surface area (Å²) >= 11 is 0. The standard InChI is InChI=1S/C21H18FNO4/c1-13(20(25)23-12-14-6-9-16(22)10-7-14)27-21(26)18-11-8-15-4-2-3-5-17(15)19(18)24/h2-11,13,24H,12H2,1H3,(H,23,25). The van der Waals surface area contributed by atoms with Gasteiger partial charge in [-0.25, -0.2) is 9.18 Å². The summed E-state index contributed by atoms with van der Waals surface area (Å²) in [5.41, 5.74) is 0.710. The van der Waals surface area contributed by atoms with Crippen molar-refractivity contribution in [1.82, 2.24) is 5.32 Å². The van der Waals surface area contributed by atoms with Crippen molar-refractivity contribution >= 4 is 22.6 Å². The summed E-state index contributed by atoms with van der Waals surface area (Å²) in [5, 5.41) is 14.2. The Morgan fingerprint density at radius 2 is 1.78 bits per heavy atom. The van der Waals surface area contributed by atoms with Gasteiger partial charge in [-0.05, 0) is 36.1 Å². The first-order valence-electron chi connectivity index (χ1n) is 8.39. The number of carbonyl (C=O) groups excluding carboxylic acids is 2. The topological polar surface area (TPSA) is 75.6 Å². The number of aromatic hydroxyl groups is 1. The highest BCUT2D eigenvalue weighted by Gasteiger charge is 2.21. The molecular weight excluding hydrogens is 349 g/mol. The lowest BCUT2D eigenvalue weighted by Gasteiger charge is -2.14. The molecular formula is C21H18FNO4. The second-order valence-electron chi connectivity index (χ2n) is 6.07. The fourth-order valence-electron chi connectivity index (χ4n) is 2.63. The van der Waals surface area contributed by atoms with Gasteiger partial charge in [-0.1, -0.05) is 42.5 Å². The zero-order valence-corrected chi connectivity index (χ0v) is 14.6. The van der Waals surface area contributed by atoms with Crippen LogP contribution in [-0.2, 0) is 16.1 Å². The van der Waals surface area contributed by atoms with E-state index in [1.54, 1.807) is 30.3 Å². The molecule has 0 aliphatic rings. The first-order valence-corrected chi connectivity index (χ1v) is 8.39. The average Bonchev–Trinajstić information content (AvgIpc) is 2.67. The lowest BCUT2D eigenvalue weighted by Crippen LogP contribution is -2.35. The van der Waals surface area contributed by atoms with Crippen molar-refractivity contribution in [2.24, 2.45) is 0 Å². The number of hydrogen-bond acceptors (Lipinski definition) is 4. The van der Waals surface area contributed by atoms with Gasteiger partial charge >= 0.3 is 5.97 Å². The van der Waals surface area contributed by atoms with Crippen LogP contribution in [0.1, 0.15) is 22.8 Å². The monoisotopic (exact) mass is 367 g/mol. The van der Waals surface area contributed by atoms with Crippen LogP contribution < -0.4 is 5.32 Å². The van der Waals surface area contributed by atoms with Crippen molar-refractivity contribution < 1.29 is 23.8 Å². The minimum Gasteiger partial charge on any atom is -0.506 e.